The first-order valence-corrected chi connectivity index (χ1v) is 4.28. The largest absolute Gasteiger partial charge is 0.286 e. The third-order valence-electron chi connectivity index (χ3n) is 2.30. The maximum Gasteiger partial charge on any atom is 0.286 e. The molecular formula is C10H12N3+. The number of aromatic nitrogens is 2. The van der Waals surface area contributed by atoms with Gasteiger partial charge < -0.3 is 0 Å². The average Bonchev–Trinajstić information content (AvgIpc) is 2.52. The molecule has 13 heavy (non-hydrogen) atoms. The van der Waals surface area contributed by atoms with E-state index in [4.69, 9.17) is 0 Å². The van der Waals surface area contributed by atoms with Gasteiger partial charge in [0.05, 0.1) is 13.0 Å². The summed E-state index contributed by atoms with van der Waals surface area (Å²) in [4.78, 5) is 8.18. The quantitative estimate of drug-likeness (QED) is 0.583. The lowest BCUT2D eigenvalue weighted by Crippen LogP contribution is -2.35. The van der Waals surface area contributed by atoms with E-state index in [9.17, 15) is 0 Å². The summed E-state index contributed by atoms with van der Waals surface area (Å²) in [6.07, 6.45) is 7.50. The maximum absolute atomic E-state index is 4.14. The normalized spacial score (nSPS) is 20.5. The molecule has 0 bridgehead atoms. The molecule has 1 atom stereocenters. The van der Waals surface area contributed by atoms with Gasteiger partial charge in [-0.1, -0.05) is 4.98 Å². The van der Waals surface area contributed by atoms with Gasteiger partial charge in [-0.3, -0.25) is 4.99 Å². The maximum atomic E-state index is 4.14. The molecule has 1 unspecified atom stereocenters. The van der Waals surface area contributed by atoms with Crippen molar-refractivity contribution in [1.29, 1.82) is 0 Å². The molecule has 0 saturated carbocycles. The van der Waals surface area contributed by atoms with Crippen LogP contribution in [0, 0.1) is 0 Å². The van der Waals surface area contributed by atoms with Gasteiger partial charge in [0.15, 0.2) is 0 Å². The summed E-state index contributed by atoms with van der Waals surface area (Å²) in [6, 6.07) is 2.03. The van der Waals surface area contributed by atoms with Gasteiger partial charge in [0, 0.05) is 18.5 Å². The van der Waals surface area contributed by atoms with Crippen LogP contribution in [-0.2, 0) is 7.05 Å². The molecule has 1 aromatic heterocycles. The second-order valence-electron chi connectivity index (χ2n) is 3.26. The SMILES string of the molecule is CC1=CN=CC1c1ccnc[n+]1C. The number of hydrogen-bond donors (Lipinski definition) is 0. The molecule has 0 fully saturated rings. The molecule has 0 radical (unpaired) electrons. The minimum atomic E-state index is 0.327. The first kappa shape index (κ1) is 8.10. The molecule has 0 saturated heterocycles. The van der Waals surface area contributed by atoms with Gasteiger partial charge in [0.25, 0.3) is 6.33 Å². The van der Waals surface area contributed by atoms with Gasteiger partial charge in [-0.05, 0) is 12.5 Å². The van der Waals surface area contributed by atoms with Crippen molar-refractivity contribution in [2.45, 2.75) is 12.8 Å². The Morgan fingerprint density at radius 2 is 2.31 bits per heavy atom. The Bertz CT molecular complexity index is 380. The summed E-state index contributed by atoms with van der Waals surface area (Å²) < 4.78 is 2.03. The summed E-state index contributed by atoms with van der Waals surface area (Å²) in [5.74, 6) is 0.327. The van der Waals surface area contributed by atoms with Crippen LogP contribution in [0.4, 0.5) is 0 Å². The smallest absolute Gasteiger partial charge is 0.268 e. The fourth-order valence-electron chi connectivity index (χ4n) is 1.52. The van der Waals surface area contributed by atoms with Crippen molar-refractivity contribution >= 4 is 6.21 Å². The summed E-state index contributed by atoms with van der Waals surface area (Å²) in [7, 11) is 2.00. The highest BCUT2D eigenvalue weighted by atomic mass is 15.0. The topological polar surface area (TPSA) is 29.1 Å². The standard InChI is InChI=1S/C10H12N3/c1-8-5-12-6-9(8)10-3-4-11-7-13(10)2/h3-7,9H,1-2H3/q+1. The molecule has 0 aromatic carbocycles. The highest BCUT2D eigenvalue weighted by Gasteiger charge is 2.19. The number of allylic oxidation sites excluding steroid dienone is 1. The lowest BCUT2D eigenvalue weighted by Gasteiger charge is -2.07. The van der Waals surface area contributed by atoms with Gasteiger partial charge in [0.1, 0.15) is 11.9 Å². The van der Waals surface area contributed by atoms with Crippen LogP contribution in [-0.4, -0.2) is 11.2 Å². The second-order valence-corrected chi connectivity index (χ2v) is 3.26. The van der Waals surface area contributed by atoms with Crippen LogP contribution in [0.2, 0.25) is 0 Å². The van der Waals surface area contributed by atoms with Gasteiger partial charge >= 0.3 is 0 Å². The van der Waals surface area contributed by atoms with Crippen molar-refractivity contribution in [3.8, 4) is 0 Å². The Hall–Kier alpha value is -1.51. The fourth-order valence-corrected chi connectivity index (χ4v) is 1.52. The summed E-state index contributed by atoms with van der Waals surface area (Å²) in [5.41, 5.74) is 2.51. The van der Waals surface area contributed by atoms with E-state index < -0.39 is 0 Å². The van der Waals surface area contributed by atoms with Crippen LogP contribution in [0.1, 0.15) is 18.5 Å². The number of aryl methyl sites for hydroxylation is 1. The molecule has 1 aromatic rings. The van der Waals surface area contributed by atoms with Crippen LogP contribution in [0.25, 0.3) is 0 Å². The van der Waals surface area contributed by atoms with Gasteiger partial charge in [-0.15, -0.1) is 0 Å². The second kappa shape index (κ2) is 3.09. The van der Waals surface area contributed by atoms with Crippen LogP contribution < -0.4 is 4.57 Å². The molecule has 0 amide bonds. The summed E-state index contributed by atoms with van der Waals surface area (Å²) in [6.45, 7) is 2.10. The van der Waals surface area contributed by atoms with E-state index in [1.165, 1.54) is 11.3 Å². The first-order valence-electron chi connectivity index (χ1n) is 4.28. The summed E-state index contributed by atoms with van der Waals surface area (Å²) >= 11 is 0. The van der Waals surface area contributed by atoms with Gasteiger partial charge in [-0.2, -0.15) is 0 Å². The first-order chi connectivity index (χ1) is 6.29. The van der Waals surface area contributed by atoms with Gasteiger partial charge in [0.2, 0.25) is 0 Å². The van der Waals surface area contributed by atoms with Crippen LogP contribution in [0.5, 0.6) is 0 Å². The molecule has 0 N–H and O–H groups in total. The molecule has 3 nitrogen and oxygen atoms in total. The zero-order valence-corrected chi connectivity index (χ0v) is 7.81. The Balaban J connectivity index is 2.42. The lowest BCUT2D eigenvalue weighted by atomic mass is 10.0. The predicted molar refractivity (Wildman–Crippen MR) is 50.4 cm³/mol. The monoisotopic (exact) mass is 174 g/mol. The minimum absolute atomic E-state index is 0.327. The Kier molecular flexibility index (Phi) is 1.93. The average molecular weight is 174 g/mol. The molecule has 1 aliphatic heterocycles. The summed E-state index contributed by atoms with van der Waals surface area (Å²) in [5, 5.41) is 0. The van der Waals surface area contributed by atoms with Crippen molar-refractivity contribution < 1.29 is 4.57 Å². The van der Waals surface area contributed by atoms with E-state index in [0.29, 0.717) is 5.92 Å². The predicted octanol–water partition coefficient (Wildman–Crippen LogP) is 0.978. The molecule has 0 spiro atoms. The highest BCUT2D eigenvalue weighted by molar-refractivity contribution is 5.74. The zero-order chi connectivity index (χ0) is 9.26. The third-order valence-corrected chi connectivity index (χ3v) is 2.30. The lowest BCUT2D eigenvalue weighted by molar-refractivity contribution is -0.682. The number of rotatable bonds is 1. The van der Waals surface area contributed by atoms with Crippen molar-refractivity contribution in [1.82, 2.24) is 4.98 Å². The van der Waals surface area contributed by atoms with E-state index in [2.05, 4.69) is 16.9 Å². The van der Waals surface area contributed by atoms with Crippen molar-refractivity contribution in [3.05, 3.63) is 36.1 Å². The van der Waals surface area contributed by atoms with E-state index >= 15 is 0 Å². The fraction of sp³-hybridized carbons (Fsp3) is 0.300. The Morgan fingerprint density at radius 1 is 1.46 bits per heavy atom. The molecule has 2 heterocycles. The molecular weight excluding hydrogens is 162 g/mol. The van der Waals surface area contributed by atoms with Crippen LogP contribution in [0.3, 0.4) is 0 Å². The van der Waals surface area contributed by atoms with E-state index in [1.807, 2.05) is 42.6 Å². The zero-order valence-electron chi connectivity index (χ0n) is 7.81. The van der Waals surface area contributed by atoms with E-state index in [0.717, 1.165) is 0 Å². The van der Waals surface area contributed by atoms with Crippen LogP contribution >= 0.6 is 0 Å². The molecule has 2 rings (SSSR count). The molecule has 1 aliphatic rings. The van der Waals surface area contributed by atoms with E-state index in [-0.39, 0.29) is 0 Å². The minimum Gasteiger partial charge on any atom is -0.268 e. The van der Waals surface area contributed by atoms with Gasteiger partial charge in [-0.25, -0.2) is 4.57 Å². The molecule has 3 heteroatoms. The highest BCUT2D eigenvalue weighted by Crippen LogP contribution is 2.22. The number of nitrogens with zero attached hydrogens (tertiary/aromatic N) is 3. The third kappa shape index (κ3) is 1.37. The van der Waals surface area contributed by atoms with E-state index in [1.54, 1.807) is 0 Å². The van der Waals surface area contributed by atoms with Crippen LogP contribution in [0.15, 0.2) is 35.4 Å². The molecule has 0 aliphatic carbocycles. The Labute approximate surface area is 77.5 Å². The van der Waals surface area contributed by atoms with Crippen molar-refractivity contribution in [2.24, 2.45) is 12.0 Å². The Morgan fingerprint density at radius 3 is 2.92 bits per heavy atom. The van der Waals surface area contributed by atoms with Crippen molar-refractivity contribution in [3.63, 3.8) is 0 Å². The molecule has 66 valence electrons. The number of aliphatic imine (C=N–C) groups is 1. The van der Waals surface area contributed by atoms with Crippen molar-refractivity contribution in [2.75, 3.05) is 0 Å². The number of hydrogen-bond acceptors (Lipinski definition) is 2.